The van der Waals surface area contributed by atoms with Crippen molar-refractivity contribution < 1.29 is 13.9 Å². The number of rotatable bonds is 9. The molecule has 5 rings (SSSR count). The van der Waals surface area contributed by atoms with Crippen LogP contribution in [0.5, 0.6) is 5.75 Å². The highest BCUT2D eigenvalue weighted by molar-refractivity contribution is 6.42. The van der Waals surface area contributed by atoms with E-state index in [1.807, 2.05) is 12.1 Å². The van der Waals surface area contributed by atoms with Gasteiger partial charge in [-0.25, -0.2) is 14.4 Å². The van der Waals surface area contributed by atoms with Crippen LogP contribution in [0.4, 0.5) is 15.9 Å². The summed E-state index contributed by atoms with van der Waals surface area (Å²) in [5.41, 5.74) is 1.77. The van der Waals surface area contributed by atoms with Crippen molar-refractivity contribution in [1.29, 1.82) is 0 Å². The Bertz CT molecular complexity index is 1380. The third-order valence-electron chi connectivity index (χ3n) is 7.33. The van der Waals surface area contributed by atoms with Crippen LogP contribution in [-0.4, -0.2) is 90.0 Å². The number of anilines is 2. The zero-order chi connectivity index (χ0) is 27.5. The topological polar surface area (TPSA) is 73.8 Å². The van der Waals surface area contributed by atoms with Crippen molar-refractivity contribution in [2.24, 2.45) is 0 Å². The molecular weight excluding hydrogens is 542 g/mol. The van der Waals surface area contributed by atoms with Crippen molar-refractivity contribution in [3.05, 3.63) is 64.7 Å². The number of likely N-dealkylation sites (tertiary alicyclic amines) is 1. The van der Waals surface area contributed by atoms with E-state index in [-0.39, 0.29) is 27.6 Å². The molecule has 0 atom stereocenters. The molecule has 0 aliphatic carbocycles. The Kier molecular flexibility index (Phi) is 8.52. The number of ether oxygens (including phenoxy) is 1. The van der Waals surface area contributed by atoms with Gasteiger partial charge in [0.15, 0.2) is 5.82 Å². The van der Waals surface area contributed by atoms with Crippen LogP contribution >= 0.6 is 23.2 Å². The second kappa shape index (κ2) is 12.0. The number of carbonyl (C=O) groups excluding carboxylic acids is 1. The number of halogens is 3. The van der Waals surface area contributed by atoms with Crippen LogP contribution in [0.1, 0.15) is 17.9 Å². The smallest absolute Gasteiger partial charge is 0.245 e. The molecule has 8 nitrogen and oxygen atoms in total. The summed E-state index contributed by atoms with van der Waals surface area (Å²) < 4.78 is 21.1. The first kappa shape index (κ1) is 27.6. The lowest BCUT2D eigenvalue weighted by atomic mass is 9.89. The highest BCUT2D eigenvalue weighted by atomic mass is 35.5. The van der Waals surface area contributed by atoms with E-state index in [0.29, 0.717) is 36.4 Å². The van der Waals surface area contributed by atoms with Gasteiger partial charge in [-0.3, -0.25) is 4.79 Å². The van der Waals surface area contributed by atoms with Gasteiger partial charge in [-0.2, -0.15) is 0 Å². The largest absolute Gasteiger partial charge is 0.493 e. The van der Waals surface area contributed by atoms with Gasteiger partial charge in [-0.05, 0) is 37.7 Å². The predicted molar refractivity (Wildman–Crippen MR) is 153 cm³/mol. The van der Waals surface area contributed by atoms with E-state index in [9.17, 15) is 9.18 Å². The zero-order valence-electron chi connectivity index (χ0n) is 21.8. The fraction of sp³-hybridized carbons (Fsp3) is 0.393. The molecule has 2 fully saturated rings. The summed E-state index contributed by atoms with van der Waals surface area (Å²) in [6.07, 6.45) is 3.65. The molecule has 0 bridgehead atoms. The molecule has 0 radical (unpaired) electrons. The molecule has 206 valence electrons. The number of carbonyl (C=O) groups is 1. The number of likely N-dealkylation sites (N-methyl/N-ethyl adjacent to an activating group) is 1. The van der Waals surface area contributed by atoms with Gasteiger partial charge in [-0.15, -0.1) is 0 Å². The Morgan fingerprint density at radius 1 is 1.21 bits per heavy atom. The van der Waals surface area contributed by atoms with Gasteiger partial charge in [-0.1, -0.05) is 29.8 Å². The molecule has 1 N–H and O–H groups in total. The number of nitrogens with zero attached hydrogens (tertiary/aromatic N) is 5. The second-order valence-electron chi connectivity index (χ2n) is 9.97. The van der Waals surface area contributed by atoms with Gasteiger partial charge in [0.1, 0.15) is 17.9 Å². The summed E-state index contributed by atoms with van der Waals surface area (Å²) in [5.74, 6) is 0.498. The summed E-state index contributed by atoms with van der Waals surface area (Å²) in [6, 6.07) is 6.92. The molecule has 0 spiro atoms. The third kappa shape index (κ3) is 6.11. The molecule has 2 aromatic carbocycles. The van der Waals surface area contributed by atoms with Crippen LogP contribution in [0.15, 0.2) is 43.2 Å². The number of piperazine rings is 1. The van der Waals surface area contributed by atoms with E-state index < -0.39 is 5.82 Å². The van der Waals surface area contributed by atoms with Crippen LogP contribution < -0.4 is 10.1 Å². The lowest BCUT2D eigenvalue weighted by Gasteiger charge is -2.39. The lowest BCUT2D eigenvalue weighted by molar-refractivity contribution is -0.130. The average molecular weight is 574 g/mol. The molecule has 3 heterocycles. The van der Waals surface area contributed by atoms with Crippen LogP contribution in [-0.2, 0) is 4.79 Å². The maximum absolute atomic E-state index is 14.8. The highest BCUT2D eigenvalue weighted by Gasteiger charge is 2.33. The number of fused-ring (bicyclic) bond motifs is 1. The number of hydrogen-bond acceptors (Lipinski definition) is 7. The Balaban J connectivity index is 1.38. The van der Waals surface area contributed by atoms with Crippen LogP contribution in [0, 0.1) is 5.82 Å². The molecule has 2 aliphatic heterocycles. The summed E-state index contributed by atoms with van der Waals surface area (Å²) in [6.45, 7) is 10.6. The summed E-state index contributed by atoms with van der Waals surface area (Å²) in [5, 5.41) is 3.71. The summed E-state index contributed by atoms with van der Waals surface area (Å²) in [7, 11) is 2.15. The van der Waals surface area contributed by atoms with E-state index in [0.717, 1.165) is 50.5 Å². The van der Waals surface area contributed by atoms with Crippen LogP contribution in [0.3, 0.4) is 0 Å². The van der Waals surface area contributed by atoms with Gasteiger partial charge >= 0.3 is 0 Å². The first-order valence-corrected chi connectivity index (χ1v) is 13.7. The Morgan fingerprint density at radius 2 is 1.97 bits per heavy atom. The molecule has 11 heteroatoms. The van der Waals surface area contributed by atoms with E-state index >= 15 is 0 Å². The van der Waals surface area contributed by atoms with Crippen molar-refractivity contribution in [2.45, 2.75) is 12.3 Å². The van der Waals surface area contributed by atoms with Crippen molar-refractivity contribution >= 4 is 51.5 Å². The van der Waals surface area contributed by atoms with E-state index in [2.05, 4.69) is 38.7 Å². The minimum absolute atomic E-state index is 0.0840. The number of amides is 1. The average Bonchev–Trinajstić information content (AvgIpc) is 2.91. The Hall–Kier alpha value is -2.98. The second-order valence-corrected chi connectivity index (χ2v) is 10.8. The van der Waals surface area contributed by atoms with Gasteiger partial charge in [0.25, 0.3) is 0 Å². The van der Waals surface area contributed by atoms with Gasteiger partial charge in [0.2, 0.25) is 5.91 Å². The fourth-order valence-corrected chi connectivity index (χ4v) is 5.23. The molecule has 2 aliphatic rings. The first-order chi connectivity index (χ1) is 18.8. The summed E-state index contributed by atoms with van der Waals surface area (Å²) in [4.78, 5) is 27.4. The molecule has 0 unspecified atom stereocenters. The van der Waals surface area contributed by atoms with Crippen molar-refractivity contribution in [2.75, 3.05) is 64.8 Å². The first-order valence-electron chi connectivity index (χ1n) is 13.0. The normalized spacial score (nSPS) is 16.8. The van der Waals surface area contributed by atoms with Gasteiger partial charge in [0, 0.05) is 68.7 Å². The number of benzene rings is 2. The van der Waals surface area contributed by atoms with E-state index in [1.165, 1.54) is 24.5 Å². The van der Waals surface area contributed by atoms with Crippen molar-refractivity contribution in [3.63, 3.8) is 0 Å². The molecule has 1 amide bonds. The maximum atomic E-state index is 14.8. The predicted octanol–water partition coefficient (Wildman–Crippen LogP) is 4.95. The maximum Gasteiger partial charge on any atom is 0.245 e. The third-order valence-corrected chi connectivity index (χ3v) is 8.12. The van der Waals surface area contributed by atoms with E-state index in [4.69, 9.17) is 27.9 Å². The molecule has 3 aromatic rings. The minimum atomic E-state index is -0.658. The Labute approximate surface area is 237 Å². The molecule has 1 aromatic heterocycles. The number of aromatic nitrogens is 2. The fourth-order valence-electron chi connectivity index (χ4n) is 4.92. The van der Waals surface area contributed by atoms with Crippen LogP contribution in [0.25, 0.3) is 10.9 Å². The van der Waals surface area contributed by atoms with E-state index in [1.54, 1.807) is 4.90 Å². The molecule has 2 saturated heterocycles. The SMILES string of the molecule is C=CC(=O)N1CC(c2cc3c(Nc4ccc(Cl)c(Cl)c4F)ncnc3cc2OCCCN2CCN(C)CC2)C1. The molecular formula is C28H31Cl2FN6O2. The number of hydrogen-bond donors (Lipinski definition) is 1. The standard InChI is InChI=1S/C28H31Cl2FN6O2/c1-3-25(38)37-15-18(16-37)19-13-20-23(14-24(19)39-12-4-7-36-10-8-35(2)9-11-36)32-17-33-28(20)34-22-6-5-21(29)26(30)27(22)31/h3,5-6,13-14,17-18H,1,4,7-12,15-16H2,2H3,(H,32,33,34). The number of nitrogens with one attached hydrogen (secondary N) is 1. The molecule has 0 saturated carbocycles. The zero-order valence-corrected chi connectivity index (χ0v) is 23.3. The molecule has 39 heavy (non-hydrogen) atoms. The quantitative estimate of drug-likeness (QED) is 0.221. The van der Waals surface area contributed by atoms with Crippen molar-refractivity contribution in [1.82, 2.24) is 24.7 Å². The monoisotopic (exact) mass is 572 g/mol. The summed E-state index contributed by atoms with van der Waals surface area (Å²) >= 11 is 12.0. The highest BCUT2D eigenvalue weighted by Crippen LogP contribution is 2.39. The lowest BCUT2D eigenvalue weighted by Crippen LogP contribution is -2.47. The minimum Gasteiger partial charge on any atom is -0.493 e. The Morgan fingerprint density at radius 3 is 2.72 bits per heavy atom. The van der Waals surface area contributed by atoms with Gasteiger partial charge < -0.3 is 24.8 Å². The van der Waals surface area contributed by atoms with Gasteiger partial charge in [0.05, 0.1) is 27.9 Å². The van der Waals surface area contributed by atoms with Crippen molar-refractivity contribution in [3.8, 4) is 5.75 Å². The van der Waals surface area contributed by atoms with Crippen LogP contribution in [0.2, 0.25) is 10.0 Å².